The normalized spacial score (nSPS) is 22.5. The molecule has 1 aromatic heterocycles. The molecule has 0 unspecified atom stereocenters. The van der Waals surface area contributed by atoms with Crippen LogP contribution < -0.4 is 5.69 Å². The number of rotatable bonds is 4. The SMILES string of the molecule is C[C@H]1CN(S(=O)(=O)c2ccc(C(=O)N3CCC(n4c(=O)[nH]c5ccccc54)CC3)cc2)C[C@H](C)O1. The predicted molar refractivity (Wildman–Crippen MR) is 132 cm³/mol. The summed E-state index contributed by atoms with van der Waals surface area (Å²) in [5, 5.41) is 0. The summed E-state index contributed by atoms with van der Waals surface area (Å²) in [6.07, 6.45) is 1.01. The highest BCUT2D eigenvalue weighted by Gasteiger charge is 2.32. The Morgan fingerprint density at radius 1 is 0.971 bits per heavy atom. The second-order valence-corrected chi connectivity index (χ2v) is 11.4. The van der Waals surface area contributed by atoms with Gasteiger partial charge in [-0.15, -0.1) is 0 Å². The van der Waals surface area contributed by atoms with E-state index >= 15 is 0 Å². The highest BCUT2D eigenvalue weighted by molar-refractivity contribution is 7.89. The first-order valence-corrected chi connectivity index (χ1v) is 13.4. The maximum absolute atomic E-state index is 13.1. The minimum atomic E-state index is -3.66. The van der Waals surface area contributed by atoms with E-state index in [2.05, 4.69) is 4.98 Å². The molecule has 9 nitrogen and oxygen atoms in total. The van der Waals surface area contributed by atoms with E-state index in [1.54, 1.807) is 21.6 Å². The number of likely N-dealkylation sites (tertiary alicyclic amines) is 1. The Labute approximate surface area is 204 Å². The second kappa shape index (κ2) is 9.25. The van der Waals surface area contributed by atoms with Crippen molar-refractivity contribution in [2.45, 2.75) is 49.8 Å². The number of imidazole rings is 1. The minimum absolute atomic E-state index is 0.0218. The minimum Gasteiger partial charge on any atom is -0.373 e. The number of benzene rings is 2. The summed E-state index contributed by atoms with van der Waals surface area (Å²) in [6.45, 7) is 5.39. The zero-order valence-corrected chi connectivity index (χ0v) is 20.7. The number of carbonyl (C=O) groups excluding carboxylic acids is 1. The number of fused-ring (bicyclic) bond motifs is 1. The van der Waals surface area contributed by atoms with E-state index in [-0.39, 0.29) is 34.7 Å². The van der Waals surface area contributed by atoms with Crippen LogP contribution in [0.4, 0.5) is 0 Å². The van der Waals surface area contributed by atoms with Crippen LogP contribution in [0.25, 0.3) is 11.0 Å². The van der Waals surface area contributed by atoms with Crippen molar-refractivity contribution in [3.8, 4) is 0 Å². The molecule has 0 saturated carbocycles. The Hall–Kier alpha value is -2.95. The molecule has 0 bridgehead atoms. The lowest BCUT2D eigenvalue weighted by atomic mass is 10.0. The van der Waals surface area contributed by atoms with E-state index in [0.717, 1.165) is 11.0 Å². The van der Waals surface area contributed by atoms with Crippen LogP contribution in [0.3, 0.4) is 0 Å². The van der Waals surface area contributed by atoms with Gasteiger partial charge in [0.25, 0.3) is 5.91 Å². The van der Waals surface area contributed by atoms with Gasteiger partial charge in [0.1, 0.15) is 0 Å². The predicted octanol–water partition coefficient (Wildman–Crippen LogP) is 2.60. The number of aromatic nitrogens is 2. The highest BCUT2D eigenvalue weighted by Crippen LogP contribution is 2.26. The molecule has 10 heteroatoms. The van der Waals surface area contributed by atoms with Crippen molar-refractivity contribution in [3.63, 3.8) is 0 Å². The van der Waals surface area contributed by atoms with Gasteiger partial charge in [0.05, 0.1) is 28.1 Å². The standard InChI is InChI=1S/C25H30N4O5S/c1-17-15-28(16-18(2)34-17)35(32,33)21-9-7-19(8-10-21)24(30)27-13-11-20(12-14-27)29-23-6-4-3-5-22(23)26-25(29)31/h3-10,17-18,20H,11-16H2,1-2H3,(H,26,31)/t17-,18-/m0/s1. The quantitative estimate of drug-likeness (QED) is 0.595. The number of ether oxygens (including phenoxy) is 1. The first-order chi connectivity index (χ1) is 16.7. The molecule has 0 spiro atoms. The van der Waals surface area contributed by atoms with Crippen LogP contribution in [0, 0.1) is 0 Å². The molecule has 5 rings (SSSR count). The smallest absolute Gasteiger partial charge is 0.326 e. The van der Waals surface area contributed by atoms with Crippen molar-refractivity contribution in [1.82, 2.24) is 18.8 Å². The maximum atomic E-state index is 13.1. The van der Waals surface area contributed by atoms with Crippen LogP contribution in [0.5, 0.6) is 0 Å². The molecule has 2 aromatic carbocycles. The van der Waals surface area contributed by atoms with Gasteiger partial charge >= 0.3 is 5.69 Å². The number of nitrogens with one attached hydrogen (secondary N) is 1. The number of hydrogen-bond donors (Lipinski definition) is 1. The third-order valence-corrected chi connectivity index (χ3v) is 8.71. The summed E-state index contributed by atoms with van der Waals surface area (Å²) in [5.41, 5.74) is 2.02. The fourth-order valence-corrected chi connectivity index (χ4v) is 6.78. The molecule has 0 radical (unpaired) electrons. The zero-order chi connectivity index (χ0) is 24.7. The zero-order valence-electron chi connectivity index (χ0n) is 19.9. The molecule has 2 fully saturated rings. The van der Waals surface area contributed by atoms with Crippen molar-refractivity contribution >= 4 is 27.0 Å². The summed E-state index contributed by atoms with van der Waals surface area (Å²) >= 11 is 0. The number of para-hydroxylation sites is 2. The molecule has 2 atom stereocenters. The van der Waals surface area contributed by atoms with Gasteiger partial charge in [-0.05, 0) is 63.1 Å². The lowest BCUT2D eigenvalue weighted by Gasteiger charge is -2.34. The Bertz CT molecular complexity index is 1380. The van der Waals surface area contributed by atoms with Crippen LogP contribution in [0.2, 0.25) is 0 Å². The van der Waals surface area contributed by atoms with Gasteiger partial charge in [0.2, 0.25) is 10.0 Å². The lowest BCUT2D eigenvalue weighted by molar-refractivity contribution is -0.0440. The fraction of sp³-hybridized carbons (Fsp3) is 0.440. The number of piperidine rings is 1. The molecule has 3 aromatic rings. The Morgan fingerprint density at radius 3 is 2.26 bits per heavy atom. The first-order valence-electron chi connectivity index (χ1n) is 12.0. The van der Waals surface area contributed by atoms with Crippen molar-refractivity contribution in [1.29, 1.82) is 0 Å². The van der Waals surface area contributed by atoms with Gasteiger partial charge < -0.3 is 14.6 Å². The number of hydrogen-bond acceptors (Lipinski definition) is 5. The number of nitrogens with zero attached hydrogens (tertiary/aromatic N) is 3. The molecular formula is C25H30N4O5S. The van der Waals surface area contributed by atoms with Gasteiger partial charge in [-0.2, -0.15) is 4.31 Å². The van der Waals surface area contributed by atoms with E-state index in [9.17, 15) is 18.0 Å². The Balaban J connectivity index is 1.26. The highest BCUT2D eigenvalue weighted by atomic mass is 32.2. The van der Waals surface area contributed by atoms with Gasteiger partial charge in [0.15, 0.2) is 0 Å². The van der Waals surface area contributed by atoms with E-state index in [0.29, 0.717) is 44.6 Å². The molecule has 186 valence electrons. The molecule has 2 aliphatic rings. The van der Waals surface area contributed by atoms with Crippen molar-refractivity contribution in [3.05, 3.63) is 64.6 Å². The number of morpholine rings is 1. The molecule has 35 heavy (non-hydrogen) atoms. The number of sulfonamides is 1. The molecule has 2 aliphatic heterocycles. The molecule has 1 N–H and O–H groups in total. The van der Waals surface area contributed by atoms with E-state index in [1.807, 2.05) is 38.1 Å². The first kappa shape index (κ1) is 23.8. The van der Waals surface area contributed by atoms with E-state index in [4.69, 9.17) is 4.74 Å². The molecule has 3 heterocycles. The van der Waals surface area contributed by atoms with Crippen LogP contribution in [-0.4, -0.2) is 71.5 Å². The van der Waals surface area contributed by atoms with Crippen LogP contribution in [0.1, 0.15) is 43.1 Å². The largest absolute Gasteiger partial charge is 0.373 e. The third kappa shape index (κ3) is 4.53. The van der Waals surface area contributed by atoms with Crippen LogP contribution in [-0.2, 0) is 14.8 Å². The topological polar surface area (TPSA) is 105 Å². The van der Waals surface area contributed by atoms with Crippen LogP contribution >= 0.6 is 0 Å². The van der Waals surface area contributed by atoms with Crippen LogP contribution in [0.15, 0.2) is 58.2 Å². The average molecular weight is 499 g/mol. The molecular weight excluding hydrogens is 468 g/mol. The van der Waals surface area contributed by atoms with Gasteiger partial charge in [0, 0.05) is 37.8 Å². The Morgan fingerprint density at radius 2 is 1.60 bits per heavy atom. The summed E-state index contributed by atoms with van der Waals surface area (Å²) in [7, 11) is -3.66. The van der Waals surface area contributed by atoms with Gasteiger partial charge in [-0.25, -0.2) is 13.2 Å². The summed E-state index contributed by atoms with van der Waals surface area (Å²) in [4.78, 5) is 30.4. The van der Waals surface area contributed by atoms with Crippen molar-refractivity contribution in [2.75, 3.05) is 26.2 Å². The summed E-state index contributed by atoms with van der Waals surface area (Å²) in [6, 6.07) is 13.8. The number of carbonyl (C=O) groups is 1. The van der Waals surface area contributed by atoms with Gasteiger partial charge in [-0.3, -0.25) is 9.36 Å². The van der Waals surface area contributed by atoms with Crippen molar-refractivity contribution < 1.29 is 17.9 Å². The van der Waals surface area contributed by atoms with Crippen molar-refractivity contribution in [2.24, 2.45) is 0 Å². The fourth-order valence-electron chi connectivity index (χ4n) is 5.19. The van der Waals surface area contributed by atoms with E-state index < -0.39 is 10.0 Å². The molecule has 1 amide bonds. The lowest BCUT2D eigenvalue weighted by Crippen LogP contribution is -2.48. The van der Waals surface area contributed by atoms with E-state index in [1.165, 1.54) is 16.4 Å². The maximum Gasteiger partial charge on any atom is 0.326 e. The molecule has 0 aliphatic carbocycles. The molecule has 2 saturated heterocycles. The number of aromatic amines is 1. The summed E-state index contributed by atoms with van der Waals surface area (Å²) in [5.74, 6) is -0.132. The number of amides is 1. The second-order valence-electron chi connectivity index (χ2n) is 9.44. The monoisotopic (exact) mass is 498 g/mol. The Kier molecular flexibility index (Phi) is 6.29. The third-order valence-electron chi connectivity index (χ3n) is 6.87. The van der Waals surface area contributed by atoms with Gasteiger partial charge in [-0.1, -0.05) is 12.1 Å². The average Bonchev–Trinajstić information content (AvgIpc) is 3.19. The number of H-pyrrole nitrogens is 1. The summed E-state index contributed by atoms with van der Waals surface area (Å²) < 4.78 is 35.0.